The molecule has 0 heterocycles. The molecule has 0 aromatic heterocycles. The number of carbonyl (C=O) groups excluding carboxylic acids is 2. The number of carbonyl (C=O) groups is 2. The molecular weight excluding hydrogens is 324 g/mol. The predicted octanol–water partition coefficient (Wildman–Crippen LogP) is 3.83. The Bertz CT molecular complexity index is 316. The monoisotopic (exact) mass is 359 g/mol. The van der Waals surface area contributed by atoms with E-state index in [-0.39, 0.29) is 59.8 Å². The largest absolute Gasteiger partial charge is 3.00 e. The molecule has 1 fully saturated rings. The number of rotatable bonds is 6. The Morgan fingerprint density at radius 2 is 1.57 bits per heavy atom. The van der Waals surface area contributed by atoms with Crippen LogP contribution in [0.1, 0.15) is 72.6 Å². The standard InChI is InChI=1S/C16H29N2O2.2CH3.Ti/c1-5-14(19)17-12-9-13(18-15(20)6-2)11-16(7-3,8-4)10-12;;;/h12H,5-11H2,1-4H3,(H,17,19)(H,18,20);2*1H3;/q3*-1;+3. The van der Waals surface area contributed by atoms with Gasteiger partial charge < -0.3 is 25.5 Å². The zero-order chi connectivity index (χ0) is 15.2. The summed E-state index contributed by atoms with van der Waals surface area (Å²) in [6, 6.07) is 1.25. The molecule has 133 valence electrons. The van der Waals surface area contributed by atoms with Crippen LogP contribution in [0.5, 0.6) is 0 Å². The van der Waals surface area contributed by atoms with Gasteiger partial charge in [0.1, 0.15) is 0 Å². The van der Waals surface area contributed by atoms with Crippen LogP contribution in [-0.4, -0.2) is 17.9 Å². The Labute approximate surface area is 158 Å². The summed E-state index contributed by atoms with van der Waals surface area (Å²) in [7, 11) is 0. The van der Waals surface area contributed by atoms with E-state index in [0.717, 1.165) is 38.1 Å². The molecule has 23 heavy (non-hydrogen) atoms. The first kappa shape index (κ1) is 27.5. The molecule has 1 unspecified atom stereocenters. The first-order valence-electron chi connectivity index (χ1n) is 7.92. The van der Waals surface area contributed by atoms with Crippen LogP contribution in [0.25, 0.3) is 0 Å². The quantitative estimate of drug-likeness (QED) is 0.559. The van der Waals surface area contributed by atoms with Crippen LogP contribution >= 0.6 is 0 Å². The van der Waals surface area contributed by atoms with Crippen molar-refractivity contribution in [1.82, 2.24) is 10.6 Å². The van der Waals surface area contributed by atoms with Gasteiger partial charge in [0.15, 0.2) is 5.91 Å². The van der Waals surface area contributed by atoms with Crippen molar-refractivity contribution in [3.63, 3.8) is 0 Å². The molecule has 1 radical (unpaired) electrons. The van der Waals surface area contributed by atoms with Crippen LogP contribution in [0.3, 0.4) is 0 Å². The molecule has 1 aliphatic carbocycles. The van der Waals surface area contributed by atoms with Gasteiger partial charge in [0.25, 0.3) is 0 Å². The molecule has 1 atom stereocenters. The van der Waals surface area contributed by atoms with Crippen LogP contribution in [0.2, 0.25) is 0 Å². The molecule has 0 aromatic rings. The number of hydrogen-bond acceptors (Lipinski definition) is 2. The van der Waals surface area contributed by atoms with E-state index < -0.39 is 0 Å². The summed E-state index contributed by atoms with van der Waals surface area (Å²) in [6.45, 7) is 8.13. The maximum atomic E-state index is 11.6. The van der Waals surface area contributed by atoms with Gasteiger partial charge in [-0.2, -0.15) is 6.42 Å². The van der Waals surface area contributed by atoms with E-state index in [2.05, 4.69) is 24.5 Å². The zero-order valence-corrected chi connectivity index (χ0v) is 17.4. The zero-order valence-electron chi connectivity index (χ0n) is 15.8. The van der Waals surface area contributed by atoms with E-state index in [1.165, 1.54) is 0 Å². The third-order valence-electron chi connectivity index (χ3n) is 4.58. The molecule has 1 saturated carbocycles. The Balaban J connectivity index is -0.00000133. The van der Waals surface area contributed by atoms with Crippen molar-refractivity contribution in [3.8, 4) is 0 Å². The smallest absolute Gasteiger partial charge is 0.503 e. The molecular formula is C18H35N2O2Ti. The number of nitrogens with one attached hydrogen (secondary N) is 2. The minimum Gasteiger partial charge on any atom is -0.503 e. The fourth-order valence-electron chi connectivity index (χ4n) is 3.09. The van der Waals surface area contributed by atoms with Gasteiger partial charge in [-0.15, -0.1) is 6.42 Å². The molecule has 4 nitrogen and oxygen atoms in total. The van der Waals surface area contributed by atoms with Crippen molar-refractivity contribution < 1.29 is 31.3 Å². The molecule has 0 saturated heterocycles. The summed E-state index contributed by atoms with van der Waals surface area (Å²) in [6.07, 6.45) is 5.90. The van der Waals surface area contributed by atoms with Gasteiger partial charge in [-0.1, -0.05) is 46.0 Å². The summed E-state index contributed by atoms with van der Waals surface area (Å²) >= 11 is 0. The van der Waals surface area contributed by atoms with Gasteiger partial charge in [0, 0.05) is 18.9 Å². The first-order valence-corrected chi connectivity index (χ1v) is 7.92. The van der Waals surface area contributed by atoms with Crippen LogP contribution < -0.4 is 10.6 Å². The summed E-state index contributed by atoms with van der Waals surface area (Å²) in [4.78, 5) is 23.3. The number of hydrogen-bond donors (Lipinski definition) is 2. The third-order valence-corrected chi connectivity index (χ3v) is 4.58. The van der Waals surface area contributed by atoms with Crippen molar-refractivity contribution in [3.05, 3.63) is 20.9 Å². The van der Waals surface area contributed by atoms with Crippen LogP contribution in [-0.2, 0) is 31.3 Å². The van der Waals surface area contributed by atoms with Crippen LogP contribution in [0.15, 0.2) is 0 Å². The van der Waals surface area contributed by atoms with Crippen molar-refractivity contribution in [2.75, 3.05) is 0 Å². The van der Waals surface area contributed by atoms with Crippen LogP contribution in [0, 0.1) is 26.3 Å². The van der Waals surface area contributed by atoms with E-state index in [1.54, 1.807) is 0 Å². The molecule has 2 amide bonds. The van der Waals surface area contributed by atoms with E-state index in [9.17, 15) is 9.59 Å². The van der Waals surface area contributed by atoms with Gasteiger partial charge in [0.2, 0.25) is 5.91 Å². The fraction of sp³-hybridized carbons (Fsp3) is 0.722. The summed E-state index contributed by atoms with van der Waals surface area (Å²) < 4.78 is 0. The first-order chi connectivity index (χ1) is 9.48. The summed E-state index contributed by atoms with van der Waals surface area (Å²) in [5, 5.41) is 6.14. The molecule has 2 N–H and O–H groups in total. The fourth-order valence-corrected chi connectivity index (χ4v) is 3.09. The molecule has 0 aromatic carbocycles. The van der Waals surface area contributed by atoms with Crippen molar-refractivity contribution in [2.45, 2.75) is 78.7 Å². The average Bonchev–Trinajstić information content (AvgIpc) is 2.46. The minimum atomic E-state index is 0. The maximum Gasteiger partial charge on any atom is 3.00 e. The maximum absolute atomic E-state index is 11.6. The second-order valence-corrected chi connectivity index (χ2v) is 5.92. The molecule has 0 bridgehead atoms. The Morgan fingerprint density at radius 1 is 1.04 bits per heavy atom. The summed E-state index contributed by atoms with van der Waals surface area (Å²) in [5.74, 6) is 0.169. The van der Waals surface area contributed by atoms with Gasteiger partial charge in [0.05, 0.1) is 0 Å². The van der Waals surface area contributed by atoms with Gasteiger partial charge >= 0.3 is 21.7 Å². The van der Waals surface area contributed by atoms with E-state index in [1.807, 2.05) is 13.8 Å². The molecule has 5 heteroatoms. The average molecular weight is 359 g/mol. The summed E-state index contributed by atoms with van der Waals surface area (Å²) in [5.41, 5.74) is 0.209. The van der Waals surface area contributed by atoms with Crippen molar-refractivity contribution in [1.29, 1.82) is 0 Å². The molecule has 0 spiro atoms. The van der Waals surface area contributed by atoms with Gasteiger partial charge in [-0.25, -0.2) is 6.04 Å². The van der Waals surface area contributed by atoms with E-state index >= 15 is 0 Å². The Morgan fingerprint density at radius 3 is 2.00 bits per heavy atom. The van der Waals surface area contributed by atoms with Gasteiger partial charge in [-0.3, -0.25) is 9.59 Å². The van der Waals surface area contributed by atoms with E-state index in [0.29, 0.717) is 12.8 Å². The van der Waals surface area contributed by atoms with Crippen LogP contribution in [0.4, 0.5) is 0 Å². The third kappa shape index (κ3) is 8.35. The van der Waals surface area contributed by atoms with Crippen molar-refractivity contribution >= 4 is 11.8 Å². The Kier molecular flexibility index (Phi) is 15.5. The second kappa shape index (κ2) is 13.0. The molecule has 1 aliphatic rings. The Hall–Kier alpha value is -0.346. The minimum absolute atomic E-state index is 0. The topological polar surface area (TPSA) is 58.2 Å². The van der Waals surface area contributed by atoms with Crippen molar-refractivity contribution in [2.24, 2.45) is 5.41 Å². The second-order valence-electron chi connectivity index (χ2n) is 5.92. The molecule has 1 rings (SSSR count). The SMILES string of the molecule is CCC(=O)N[C-]1CC(NC(=O)CC)CC(CC)(CC)C1.[CH3-].[CH3-].[Ti+3]. The normalized spacial score (nSPS) is 19.4. The molecule has 0 aliphatic heterocycles. The van der Waals surface area contributed by atoms with Gasteiger partial charge in [-0.05, 0) is 6.42 Å². The number of amides is 2. The van der Waals surface area contributed by atoms with E-state index in [4.69, 9.17) is 0 Å². The predicted molar refractivity (Wildman–Crippen MR) is 93.6 cm³/mol.